The molecule has 2 aromatic carbocycles. The molecule has 2 aromatic rings. The van der Waals surface area contributed by atoms with Crippen LogP contribution in [0.1, 0.15) is 16.7 Å². The molecule has 0 aromatic heterocycles. The molecule has 0 saturated heterocycles. The van der Waals surface area contributed by atoms with E-state index in [0.717, 1.165) is 22.4 Å². The van der Waals surface area contributed by atoms with E-state index in [1.807, 2.05) is 30.3 Å². The lowest BCUT2D eigenvalue weighted by molar-refractivity contribution is 0.414. The smallest absolute Gasteiger partial charge is 0.119 e. The van der Waals surface area contributed by atoms with Gasteiger partial charge >= 0.3 is 0 Å². The van der Waals surface area contributed by atoms with Gasteiger partial charge in [-0.05, 0) is 41.3 Å². The van der Waals surface area contributed by atoms with Gasteiger partial charge in [-0.15, -0.1) is 0 Å². The summed E-state index contributed by atoms with van der Waals surface area (Å²) >= 11 is 0. The van der Waals surface area contributed by atoms with Crippen molar-refractivity contribution < 1.29 is 4.74 Å². The van der Waals surface area contributed by atoms with Crippen LogP contribution in [-0.4, -0.2) is 7.11 Å². The standard InChI is InChI=1S/C16H16O/c1-12-11-15(17-3)9-10-16(12)13(2)14-7-5-4-6-8-14/h4-11H,2H2,1,3H3. The summed E-state index contributed by atoms with van der Waals surface area (Å²) in [5, 5.41) is 0. The van der Waals surface area contributed by atoms with Crippen LogP contribution in [0.4, 0.5) is 0 Å². The Morgan fingerprint density at radius 1 is 1.06 bits per heavy atom. The fraction of sp³-hybridized carbons (Fsp3) is 0.125. The van der Waals surface area contributed by atoms with Crippen LogP contribution in [0, 0.1) is 6.92 Å². The van der Waals surface area contributed by atoms with Gasteiger partial charge in [0.05, 0.1) is 7.11 Å². The molecule has 0 radical (unpaired) electrons. The van der Waals surface area contributed by atoms with E-state index >= 15 is 0 Å². The molecule has 0 heterocycles. The maximum absolute atomic E-state index is 5.21. The maximum Gasteiger partial charge on any atom is 0.119 e. The van der Waals surface area contributed by atoms with Crippen molar-refractivity contribution in [3.63, 3.8) is 0 Å². The van der Waals surface area contributed by atoms with E-state index in [0.29, 0.717) is 0 Å². The first-order chi connectivity index (χ1) is 8.22. The average molecular weight is 224 g/mol. The van der Waals surface area contributed by atoms with Gasteiger partial charge in [-0.25, -0.2) is 0 Å². The third-order valence-electron chi connectivity index (χ3n) is 2.88. The summed E-state index contributed by atoms with van der Waals surface area (Å²) in [7, 11) is 1.68. The molecule has 2 rings (SSSR count). The van der Waals surface area contributed by atoms with Crippen LogP contribution in [0.5, 0.6) is 5.75 Å². The zero-order valence-corrected chi connectivity index (χ0v) is 10.2. The molecule has 1 heteroatoms. The molecular weight excluding hydrogens is 208 g/mol. The predicted octanol–water partition coefficient (Wildman–Crippen LogP) is 4.07. The quantitative estimate of drug-likeness (QED) is 0.763. The van der Waals surface area contributed by atoms with E-state index in [1.54, 1.807) is 7.11 Å². The zero-order valence-electron chi connectivity index (χ0n) is 10.2. The Bertz CT molecular complexity index is 526. The van der Waals surface area contributed by atoms with Crippen molar-refractivity contribution in [2.75, 3.05) is 7.11 Å². The van der Waals surface area contributed by atoms with Gasteiger partial charge in [-0.3, -0.25) is 0 Å². The second-order valence-electron chi connectivity index (χ2n) is 4.03. The van der Waals surface area contributed by atoms with E-state index in [-0.39, 0.29) is 0 Å². The largest absolute Gasteiger partial charge is 0.497 e. The topological polar surface area (TPSA) is 9.23 Å². The Morgan fingerprint density at radius 3 is 2.35 bits per heavy atom. The Kier molecular flexibility index (Phi) is 3.29. The van der Waals surface area contributed by atoms with Crippen molar-refractivity contribution in [2.45, 2.75) is 6.92 Å². The fourth-order valence-electron chi connectivity index (χ4n) is 1.90. The van der Waals surface area contributed by atoms with Crippen molar-refractivity contribution in [1.29, 1.82) is 0 Å². The van der Waals surface area contributed by atoms with Crippen molar-refractivity contribution in [3.8, 4) is 5.75 Å². The third-order valence-corrected chi connectivity index (χ3v) is 2.88. The van der Waals surface area contributed by atoms with Gasteiger partial charge < -0.3 is 4.74 Å². The van der Waals surface area contributed by atoms with Crippen LogP contribution in [0.15, 0.2) is 55.1 Å². The number of benzene rings is 2. The highest BCUT2D eigenvalue weighted by Gasteiger charge is 2.05. The molecule has 0 aliphatic rings. The van der Waals surface area contributed by atoms with E-state index in [1.165, 1.54) is 5.56 Å². The molecule has 0 unspecified atom stereocenters. The first kappa shape index (κ1) is 11.5. The first-order valence-corrected chi connectivity index (χ1v) is 5.61. The van der Waals surface area contributed by atoms with E-state index in [4.69, 9.17) is 4.74 Å². The molecule has 0 bridgehead atoms. The summed E-state index contributed by atoms with van der Waals surface area (Å²) in [5.41, 5.74) is 4.54. The predicted molar refractivity (Wildman–Crippen MR) is 72.3 cm³/mol. The second-order valence-corrected chi connectivity index (χ2v) is 4.03. The lowest BCUT2D eigenvalue weighted by Crippen LogP contribution is -1.91. The molecule has 0 aliphatic heterocycles. The molecule has 0 amide bonds. The monoisotopic (exact) mass is 224 g/mol. The van der Waals surface area contributed by atoms with Gasteiger partial charge in [0.15, 0.2) is 0 Å². The third kappa shape index (κ3) is 2.39. The van der Waals surface area contributed by atoms with Gasteiger partial charge in [0, 0.05) is 0 Å². The first-order valence-electron chi connectivity index (χ1n) is 5.61. The Hall–Kier alpha value is -2.02. The van der Waals surface area contributed by atoms with E-state index in [2.05, 4.69) is 31.7 Å². The SMILES string of the molecule is C=C(c1ccccc1)c1ccc(OC)cc1C. The van der Waals surface area contributed by atoms with Crippen LogP contribution >= 0.6 is 0 Å². The Morgan fingerprint density at radius 2 is 1.76 bits per heavy atom. The van der Waals surface area contributed by atoms with E-state index < -0.39 is 0 Å². The highest BCUT2D eigenvalue weighted by Crippen LogP contribution is 2.26. The Balaban J connectivity index is 2.38. The van der Waals surface area contributed by atoms with Crippen LogP contribution in [0.25, 0.3) is 5.57 Å². The average Bonchev–Trinajstić information content (AvgIpc) is 2.39. The molecule has 0 spiro atoms. The molecule has 0 aliphatic carbocycles. The highest BCUT2D eigenvalue weighted by molar-refractivity contribution is 5.79. The number of aryl methyl sites for hydroxylation is 1. The zero-order chi connectivity index (χ0) is 12.3. The normalized spacial score (nSPS) is 10.0. The summed E-state index contributed by atoms with van der Waals surface area (Å²) in [6, 6.07) is 16.3. The lowest BCUT2D eigenvalue weighted by atomic mass is 9.96. The van der Waals surface area contributed by atoms with Gasteiger partial charge in [0.2, 0.25) is 0 Å². The molecule has 86 valence electrons. The van der Waals surface area contributed by atoms with Crippen LogP contribution < -0.4 is 4.74 Å². The van der Waals surface area contributed by atoms with Gasteiger partial charge in [-0.1, -0.05) is 43.0 Å². The van der Waals surface area contributed by atoms with Crippen LogP contribution in [-0.2, 0) is 0 Å². The van der Waals surface area contributed by atoms with Crippen molar-refractivity contribution in [1.82, 2.24) is 0 Å². The minimum atomic E-state index is 0.882. The number of methoxy groups -OCH3 is 1. The number of ether oxygens (including phenoxy) is 1. The summed E-state index contributed by atoms with van der Waals surface area (Å²) in [6.45, 7) is 6.25. The van der Waals surface area contributed by atoms with E-state index in [9.17, 15) is 0 Å². The molecular formula is C16H16O. The minimum Gasteiger partial charge on any atom is -0.497 e. The molecule has 1 nitrogen and oxygen atoms in total. The fourth-order valence-corrected chi connectivity index (χ4v) is 1.90. The van der Waals surface area contributed by atoms with Crippen molar-refractivity contribution >= 4 is 5.57 Å². The Labute approximate surface area is 102 Å². The number of hydrogen-bond acceptors (Lipinski definition) is 1. The maximum atomic E-state index is 5.21. The summed E-state index contributed by atoms with van der Waals surface area (Å²) in [5.74, 6) is 0.882. The van der Waals surface area contributed by atoms with Crippen LogP contribution in [0.3, 0.4) is 0 Å². The van der Waals surface area contributed by atoms with Crippen LogP contribution in [0.2, 0.25) is 0 Å². The molecule has 17 heavy (non-hydrogen) atoms. The number of rotatable bonds is 3. The summed E-state index contributed by atoms with van der Waals surface area (Å²) in [4.78, 5) is 0. The summed E-state index contributed by atoms with van der Waals surface area (Å²) in [6.07, 6.45) is 0. The molecule has 0 saturated carbocycles. The number of hydrogen-bond donors (Lipinski definition) is 0. The lowest BCUT2D eigenvalue weighted by Gasteiger charge is -2.11. The van der Waals surface area contributed by atoms with Gasteiger partial charge in [0.25, 0.3) is 0 Å². The highest BCUT2D eigenvalue weighted by atomic mass is 16.5. The second kappa shape index (κ2) is 4.88. The molecule has 0 atom stereocenters. The molecule has 0 fully saturated rings. The van der Waals surface area contributed by atoms with Gasteiger partial charge in [-0.2, -0.15) is 0 Å². The van der Waals surface area contributed by atoms with Crippen molar-refractivity contribution in [3.05, 3.63) is 71.8 Å². The minimum absolute atomic E-state index is 0.882. The van der Waals surface area contributed by atoms with Crippen molar-refractivity contribution in [2.24, 2.45) is 0 Å². The van der Waals surface area contributed by atoms with Gasteiger partial charge in [0.1, 0.15) is 5.75 Å². The molecule has 0 N–H and O–H groups in total. The summed E-state index contributed by atoms with van der Waals surface area (Å²) < 4.78 is 5.21.